The van der Waals surface area contributed by atoms with Gasteiger partial charge in [-0.25, -0.2) is 4.79 Å². The molecule has 3 atom stereocenters. The van der Waals surface area contributed by atoms with E-state index in [2.05, 4.69) is 16.8 Å². The molecule has 1 saturated carbocycles. The molecule has 3 rings (SSSR count). The van der Waals surface area contributed by atoms with Crippen molar-refractivity contribution >= 4 is 17.8 Å². The lowest BCUT2D eigenvalue weighted by atomic mass is 9.87. The number of hydrogen-bond acceptors (Lipinski definition) is 3. The van der Waals surface area contributed by atoms with Crippen LogP contribution in [0.2, 0.25) is 0 Å². The van der Waals surface area contributed by atoms with Gasteiger partial charge in [0.25, 0.3) is 5.91 Å². The lowest BCUT2D eigenvalue weighted by Crippen LogP contribution is -2.49. The average Bonchev–Trinajstić information content (AvgIpc) is 3.06. The number of nitrogens with zero attached hydrogens (tertiary/aromatic N) is 1. The molecule has 2 fully saturated rings. The highest BCUT2D eigenvalue weighted by Crippen LogP contribution is 2.59. The van der Waals surface area contributed by atoms with Crippen LogP contribution in [0.4, 0.5) is 4.79 Å². The highest BCUT2D eigenvalue weighted by atomic mass is 16.2. The molecule has 27 heavy (non-hydrogen) atoms. The minimum Gasteiger partial charge on any atom is -0.318 e. The van der Waals surface area contributed by atoms with Gasteiger partial charge in [0.05, 0.1) is 5.92 Å². The van der Waals surface area contributed by atoms with E-state index in [9.17, 15) is 14.4 Å². The molecule has 1 aliphatic heterocycles. The summed E-state index contributed by atoms with van der Waals surface area (Å²) in [6.07, 6.45) is 2.47. The van der Waals surface area contributed by atoms with Crippen molar-refractivity contribution in [2.24, 2.45) is 17.3 Å². The Morgan fingerprint density at radius 3 is 2.41 bits per heavy atom. The van der Waals surface area contributed by atoms with E-state index >= 15 is 0 Å². The van der Waals surface area contributed by atoms with Crippen molar-refractivity contribution in [1.82, 2.24) is 15.8 Å². The minimum atomic E-state index is -1.15. The van der Waals surface area contributed by atoms with Gasteiger partial charge in [-0.15, -0.1) is 0 Å². The number of rotatable bonds is 5. The Hall–Kier alpha value is -2.63. The highest BCUT2D eigenvalue weighted by Gasteiger charge is 2.61. The number of allylic oxidation sites excluding steroid dienone is 2. The van der Waals surface area contributed by atoms with E-state index < -0.39 is 17.5 Å². The van der Waals surface area contributed by atoms with Crippen LogP contribution in [-0.2, 0) is 15.1 Å². The second kappa shape index (κ2) is 6.51. The van der Waals surface area contributed by atoms with Gasteiger partial charge in [0.1, 0.15) is 5.54 Å². The zero-order valence-electron chi connectivity index (χ0n) is 16.5. The number of carbonyl (C=O) groups excluding carboxylic acids is 3. The molecule has 4 amide bonds. The second-order valence-corrected chi connectivity index (χ2v) is 8.24. The van der Waals surface area contributed by atoms with Gasteiger partial charge < -0.3 is 5.32 Å². The van der Waals surface area contributed by atoms with Gasteiger partial charge in [-0.1, -0.05) is 62.8 Å². The maximum absolute atomic E-state index is 13.1. The van der Waals surface area contributed by atoms with E-state index in [1.807, 2.05) is 65.0 Å². The smallest absolute Gasteiger partial charge is 0.318 e. The zero-order valence-corrected chi connectivity index (χ0v) is 16.5. The van der Waals surface area contributed by atoms with Crippen molar-refractivity contribution < 1.29 is 14.4 Å². The largest absolute Gasteiger partial charge is 0.344 e. The zero-order chi connectivity index (χ0) is 20.0. The number of urea groups is 1. The SMILES string of the molecule is CC[C@]1(c2ccccc2)NC(=O)N(NC(=O)[C@@H]2[C@H](C=C(C)C)C2(C)C)C1=O. The van der Waals surface area contributed by atoms with Crippen LogP contribution in [0.25, 0.3) is 0 Å². The maximum Gasteiger partial charge on any atom is 0.344 e. The van der Waals surface area contributed by atoms with E-state index in [0.29, 0.717) is 12.0 Å². The van der Waals surface area contributed by atoms with E-state index in [4.69, 9.17) is 0 Å². The molecule has 1 saturated heterocycles. The summed E-state index contributed by atoms with van der Waals surface area (Å²) in [5, 5.41) is 3.61. The van der Waals surface area contributed by atoms with Crippen LogP contribution in [0.5, 0.6) is 0 Å². The van der Waals surface area contributed by atoms with Crippen LogP contribution in [-0.4, -0.2) is 22.9 Å². The Bertz CT molecular complexity index is 811. The topological polar surface area (TPSA) is 78.5 Å². The number of imide groups is 1. The van der Waals surface area contributed by atoms with Crippen molar-refractivity contribution in [3.05, 3.63) is 47.5 Å². The van der Waals surface area contributed by atoms with Crippen molar-refractivity contribution in [2.75, 3.05) is 0 Å². The Balaban J connectivity index is 1.81. The van der Waals surface area contributed by atoms with Crippen molar-refractivity contribution in [3.8, 4) is 0 Å². The van der Waals surface area contributed by atoms with Gasteiger partial charge in [0.15, 0.2) is 0 Å². The molecule has 1 heterocycles. The lowest BCUT2D eigenvalue weighted by Gasteiger charge is -2.25. The first-order valence-corrected chi connectivity index (χ1v) is 9.33. The van der Waals surface area contributed by atoms with E-state index in [0.717, 1.165) is 10.6 Å². The summed E-state index contributed by atoms with van der Waals surface area (Å²) in [6.45, 7) is 9.87. The summed E-state index contributed by atoms with van der Waals surface area (Å²) >= 11 is 0. The van der Waals surface area contributed by atoms with Gasteiger partial charge in [-0.3, -0.25) is 15.0 Å². The maximum atomic E-state index is 13.1. The number of nitrogens with one attached hydrogen (secondary N) is 2. The molecule has 1 aromatic rings. The predicted molar refractivity (Wildman–Crippen MR) is 102 cm³/mol. The molecular weight excluding hydrogens is 342 g/mol. The van der Waals surface area contributed by atoms with Crippen LogP contribution in [0.1, 0.15) is 46.6 Å². The molecule has 6 heteroatoms. The van der Waals surface area contributed by atoms with Gasteiger partial charge in [0, 0.05) is 0 Å². The normalized spacial score (nSPS) is 28.6. The van der Waals surface area contributed by atoms with Crippen molar-refractivity contribution in [2.45, 2.75) is 46.6 Å². The molecule has 6 nitrogen and oxygen atoms in total. The summed E-state index contributed by atoms with van der Waals surface area (Å²) in [4.78, 5) is 38.4. The Kier molecular flexibility index (Phi) is 4.62. The monoisotopic (exact) mass is 369 g/mol. The summed E-state index contributed by atoms with van der Waals surface area (Å²) in [5.74, 6) is -0.910. The number of benzene rings is 1. The fraction of sp³-hybridized carbons (Fsp3) is 0.476. The first-order valence-electron chi connectivity index (χ1n) is 9.33. The van der Waals surface area contributed by atoms with Gasteiger partial charge in [0.2, 0.25) is 5.91 Å². The van der Waals surface area contributed by atoms with Crippen LogP contribution in [0, 0.1) is 17.3 Å². The molecule has 1 aromatic carbocycles. The van der Waals surface area contributed by atoms with Crippen molar-refractivity contribution in [3.63, 3.8) is 0 Å². The molecule has 1 aliphatic carbocycles. The second-order valence-electron chi connectivity index (χ2n) is 8.24. The van der Waals surface area contributed by atoms with Crippen LogP contribution < -0.4 is 10.7 Å². The van der Waals surface area contributed by atoms with Gasteiger partial charge in [-0.2, -0.15) is 5.01 Å². The quantitative estimate of drug-likeness (QED) is 0.618. The number of hydrogen-bond donors (Lipinski definition) is 2. The summed E-state index contributed by atoms with van der Waals surface area (Å²) in [6, 6.07) is 8.51. The third kappa shape index (κ3) is 3.03. The molecule has 0 aromatic heterocycles. The van der Waals surface area contributed by atoms with Crippen LogP contribution in [0.3, 0.4) is 0 Å². The summed E-state index contributed by atoms with van der Waals surface area (Å²) in [5.41, 5.74) is 3.07. The molecule has 2 N–H and O–H groups in total. The van der Waals surface area contributed by atoms with E-state index in [-0.39, 0.29) is 23.2 Å². The standard InChI is InChI=1S/C21H27N3O3/c1-6-21(14-10-8-7-9-11-14)18(26)24(19(27)22-21)23-17(25)16-15(12-13(2)3)20(16,4)5/h7-12,15-16H,6H2,1-5H3,(H,22,27)(H,23,25)/t15-,16-,21+/m0/s1. The molecule has 0 radical (unpaired) electrons. The van der Waals surface area contributed by atoms with Crippen LogP contribution in [0.15, 0.2) is 42.0 Å². The average molecular weight is 369 g/mol. The minimum absolute atomic E-state index is 0.105. The number of carbonyl (C=O) groups is 3. The Labute approximate surface area is 160 Å². The van der Waals surface area contributed by atoms with E-state index in [1.54, 1.807) is 0 Å². The Morgan fingerprint density at radius 1 is 1.22 bits per heavy atom. The van der Waals surface area contributed by atoms with Crippen molar-refractivity contribution in [1.29, 1.82) is 0 Å². The summed E-state index contributed by atoms with van der Waals surface area (Å²) in [7, 11) is 0. The van der Waals surface area contributed by atoms with E-state index in [1.165, 1.54) is 0 Å². The number of hydrazine groups is 1. The third-order valence-electron chi connectivity index (χ3n) is 5.82. The fourth-order valence-corrected chi connectivity index (χ4v) is 4.07. The fourth-order valence-electron chi connectivity index (χ4n) is 4.07. The molecular formula is C21H27N3O3. The van der Waals surface area contributed by atoms with Gasteiger partial charge >= 0.3 is 6.03 Å². The predicted octanol–water partition coefficient (Wildman–Crippen LogP) is 3.11. The van der Waals surface area contributed by atoms with Crippen LogP contribution >= 0.6 is 0 Å². The van der Waals surface area contributed by atoms with Gasteiger partial charge in [-0.05, 0) is 37.2 Å². The molecule has 144 valence electrons. The first kappa shape index (κ1) is 19.1. The number of amides is 4. The first-order chi connectivity index (χ1) is 12.6. The summed E-state index contributed by atoms with van der Waals surface area (Å²) < 4.78 is 0. The third-order valence-corrected chi connectivity index (χ3v) is 5.82. The Morgan fingerprint density at radius 2 is 1.85 bits per heavy atom. The molecule has 0 unspecified atom stereocenters. The molecule has 0 bridgehead atoms. The molecule has 2 aliphatic rings. The highest BCUT2D eigenvalue weighted by molar-refractivity contribution is 6.08. The lowest BCUT2D eigenvalue weighted by molar-refractivity contribution is -0.140. The molecule has 0 spiro atoms.